The van der Waals surface area contributed by atoms with Crippen LogP contribution in [0.3, 0.4) is 0 Å². The molecule has 13 nitrogen and oxygen atoms in total. The van der Waals surface area contributed by atoms with Gasteiger partial charge in [0.25, 0.3) is 0 Å². The van der Waals surface area contributed by atoms with Crippen LogP contribution in [0.25, 0.3) is 11.0 Å². The third-order valence-electron chi connectivity index (χ3n) is 11.5. The molecule has 0 bridgehead atoms. The number of nitrogens with zero attached hydrogens (tertiary/aromatic N) is 4. The smallest absolute Gasteiger partial charge is 0.329 e. The highest BCUT2D eigenvalue weighted by Gasteiger charge is 2.43. The number of aryl methyl sites for hydroxylation is 4. The number of aromatic nitrogens is 3. The van der Waals surface area contributed by atoms with E-state index in [1.165, 1.54) is 5.56 Å². The summed E-state index contributed by atoms with van der Waals surface area (Å²) in [6.07, 6.45) is 9.89. The van der Waals surface area contributed by atoms with Crippen molar-refractivity contribution in [2.24, 2.45) is 18.5 Å². The van der Waals surface area contributed by atoms with Gasteiger partial charge in [0.2, 0.25) is 17.7 Å². The van der Waals surface area contributed by atoms with Crippen LogP contribution in [-0.2, 0) is 56.7 Å². The molecule has 3 aliphatic rings. The topological polar surface area (TPSA) is 192 Å². The van der Waals surface area contributed by atoms with Crippen molar-refractivity contribution in [1.82, 2.24) is 19.4 Å². The van der Waals surface area contributed by atoms with Crippen molar-refractivity contribution in [3.63, 3.8) is 0 Å². The molecule has 2 aliphatic heterocycles. The fraction of sp³-hybridized carbons (Fsp3) is 0.452. The lowest BCUT2D eigenvalue weighted by molar-refractivity contribution is -0.132. The highest BCUT2D eigenvalue weighted by Crippen LogP contribution is 2.40. The van der Waals surface area contributed by atoms with Crippen LogP contribution in [0.1, 0.15) is 104 Å². The summed E-state index contributed by atoms with van der Waals surface area (Å²) in [5.41, 5.74) is 18.8. The first-order valence-electron chi connectivity index (χ1n) is 19.5. The first kappa shape index (κ1) is 37.9. The van der Waals surface area contributed by atoms with E-state index >= 15 is 0 Å². The molecule has 55 heavy (non-hydrogen) atoms. The first-order valence-corrected chi connectivity index (χ1v) is 19.5. The van der Waals surface area contributed by atoms with Crippen molar-refractivity contribution >= 4 is 46.0 Å². The van der Waals surface area contributed by atoms with E-state index in [1.807, 2.05) is 24.3 Å². The molecule has 7 rings (SSSR count). The molecule has 1 fully saturated rings. The Morgan fingerprint density at radius 1 is 0.909 bits per heavy atom. The summed E-state index contributed by atoms with van der Waals surface area (Å²) in [5.74, 6) is -1.30. The SMILES string of the molecule is Cn1c(=O)n(C2CCC(=O)CC2=O)c2ccc(CCCCCCc3cc4c5c(c3)C[C@@H](C(=O)N[C@@H](CCC(N)=O)c3ccccn3)N5C(=O)[C@@H](N)CC4)cc21. The third kappa shape index (κ3) is 7.89. The van der Waals surface area contributed by atoms with Crippen LogP contribution in [-0.4, -0.2) is 55.5 Å². The first-order chi connectivity index (χ1) is 26.5. The maximum Gasteiger partial charge on any atom is 0.329 e. The minimum absolute atomic E-state index is 0.0642. The van der Waals surface area contributed by atoms with Gasteiger partial charge in [-0.25, -0.2) is 4.79 Å². The van der Waals surface area contributed by atoms with Crippen LogP contribution >= 0.6 is 0 Å². The lowest BCUT2D eigenvalue weighted by Gasteiger charge is -2.28. The van der Waals surface area contributed by atoms with Crippen LogP contribution < -0.4 is 27.4 Å². The van der Waals surface area contributed by atoms with Gasteiger partial charge in [0.05, 0.1) is 47.0 Å². The molecular weight excluding hydrogens is 699 g/mol. The molecule has 13 heteroatoms. The van der Waals surface area contributed by atoms with Gasteiger partial charge in [-0.05, 0) is 97.9 Å². The standard InChI is InChI=1S/C42H49N7O6/c1-47-35-22-25(11-16-33(35)48(42(47)55)34-17-13-29(50)24-37(34)51)8-4-2-3-5-9-26-20-27-12-14-30(43)41(54)49-36(23-28(21-26)39(27)49)40(53)46-32(15-18-38(44)52)31-10-6-7-19-45-31/h6-7,10-11,16,19-22,30,32,34,36H,2-5,8-9,12-15,17-18,23-24,43H2,1H3,(H2,44,52)(H,46,53)/t30-,32-,34?,36-/m0/s1. The maximum absolute atomic E-state index is 13.9. The predicted molar refractivity (Wildman–Crippen MR) is 207 cm³/mol. The molecule has 1 unspecified atom stereocenters. The van der Waals surface area contributed by atoms with Crippen molar-refractivity contribution in [2.75, 3.05) is 4.90 Å². The molecule has 3 amide bonds. The summed E-state index contributed by atoms with van der Waals surface area (Å²) in [5, 5.41) is 3.06. The molecule has 0 radical (unpaired) electrons. The van der Waals surface area contributed by atoms with E-state index in [4.69, 9.17) is 11.5 Å². The largest absolute Gasteiger partial charge is 0.370 e. The van der Waals surface area contributed by atoms with E-state index in [2.05, 4.69) is 22.4 Å². The van der Waals surface area contributed by atoms with Gasteiger partial charge in [-0.3, -0.25) is 43.0 Å². The van der Waals surface area contributed by atoms with Gasteiger partial charge < -0.3 is 16.8 Å². The number of hydrogen-bond donors (Lipinski definition) is 3. The molecular formula is C42H49N7O6. The number of pyridine rings is 1. The fourth-order valence-corrected chi connectivity index (χ4v) is 8.61. The number of hydrogen-bond acceptors (Lipinski definition) is 8. The number of benzene rings is 2. The molecule has 4 atom stereocenters. The highest BCUT2D eigenvalue weighted by atomic mass is 16.2. The number of rotatable bonds is 14. The summed E-state index contributed by atoms with van der Waals surface area (Å²) in [6, 6.07) is 13.1. The second kappa shape index (κ2) is 16.1. The Morgan fingerprint density at radius 3 is 2.40 bits per heavy atom. The van der Waals surface area contributed by atoms with Crippen molar-refractivity contribution in [1.29, 1.82) is 0 Å². The van der Waals surface area contributed by atoms with Crippen molar-refractivity contribution in [2.45, 2.75) is 114 Å². The Balaban J connectivity index is 0.973. The third-order valence-corrected chi connectivity index (χ3v) is 11.5. The predicted octanol–water partition coefficient (Wildman–Crippen LogP) is 3.60. The monoisotopic (exact) mass is 747 g/mol. The minimum Gasteiger partial charge on any atom is -0.370 e. The second-order valence-electron chi connectivity index (χ2n) is 15.3. The number of nitrogens with one attached hydrogen (secondary N) is 1. The van der Waals surface area contributed by atoms with Gasteiger partial charge in [-0.15, -0.1) is 0 Å². The summed E-state index contributed by atoms with van der Waals surface area (Å²) in [7, 11) is 1.73. The zero-order chi connectivity index (χ0) is 38.8. The lowest BCUT2D eigenvalue weighted by atomic mass is 9.92. The number of unbranched alkanes of at least 4 members (excludes halogenated alkanes) is 3. The van der Waals surface area contributed by atoms with Gasteiger partial charge in [-0.2, -0.15) is 0 Å². The number of carbonyl (C=O) groups is 5. The summed E-state index contributed by atoms with van der Waals surface area (Å²) < 4.78 is 3.16. The number of Topliss-reactive ketones (excluding diaryl/α,β-unsaturated/α-hetero) is 2. The maximum atomic E-state index is 13.9. The lowest BCUT2D eigenvalue weighted by Crippen LogP contribution is -2.53. The summed E-state index contributed by atoms with van der Waals surface area (Å²) in [4.78, 5) is 82.7. The number of carbonyl (C=O) groups excluding carboxylic acids is 5. The van der Waals surface area contributed by atoms with E-state index in [1.54, 1.807) is 39.4 Å². The molecule has 4 aromatic rings. The zero-order valence-corrected chi connectivity index (χ0v) is 31.3. The van der Waals surface area contributed by atoms with Gasteiger partial charge in [-0.1, -0.05) is 37.1 Å². The number of anilines is 1. The number of nitrogens with two attached hydrogens (primary N) is 2. The number of amides is 3. The van der Waals surface area contributed by atoms with Gasteiger partial charge >= 0.3 is 5.69 Å². The van der Waals surface area contributed by atoms with Crippen molar-refractivity contribution < 1.29 is 24.0 Å². The Hall–Kier alpha value is -5.43. The van der Waals surface area contributed by atoms with Crippen molar-refractivity contribution in [3.05, 3.63) is 93.2 Å². The molecule has 5 N–H and O–H groups in total. The Labute approximate surface area is 319 Å². The quantitative estimate of drug-likeness (QED) is 0.129. The Bertz CT molecular complexity index is 2210. The van der Waals surface area contributed by atoms with Crippen LogP contribution in [0, 0.1) is 0 Å². The van der Waals surface area contributed by atoms with E-state index in [-0.39, 0.29) is 41.9 Å². The van der Waals surface area contributed by atoms with Crippen molar-refractivity contribution in [3.8, 4) is 0 Å². The van der Waals surface area contributed by atoms with E-state index in [0.717, 1.165) is 71.9 Å². The normalized spacial score (nSPS) is 20.1. The average Bonchev–Trinajstić information content (AvgIpc) is 3.63. The summed E-state index contributed by atoms with van der Waals surface area (Å²) >= 11 is 0. The molecule has 2 aromatic carbocycles. The van der Waals surface area contributed by atoms with E-state index < -0.39 is 30.1 Å². The molecule has 4 heterocycles. The Morgan fingerprint density at radius 2 is 1.67 bits per heavy atom. The highest BCUT2D eigenvalue weighted by molar-refractivity contribution is 6.07. The Kier molecular flexibility index (Phi) is 11.1. The zero-order valence-electron chi connectivity index (χ0n) is 31.3. The molecule has 1 saturated carbocycles. The number of fused-ring (bicyclic) bond motifs is 1. The van der Waals surface area contributed by atoms with E-state index in [0.29, 0.717) is 44.2 Å². The molecule has 1 aliphatic carbocycles. The van der Waals surface area contributed by atoms with Gasteiger partial charge in [0, 0.05) is 32.5 Å². The fourth-order valence-electron chi connectivity index (χ4n) is 8.61. The number of ketones is 2. The number of primary amides is 1. The van der Waals surface area contributed by atoms with Crippen LogP contribution in [0.4, 0.5) is 5.69 Å². The molecule has 0 saturated heterocycles. The second-order valence-corrected chi connectivity index (χ2v) is 15.3. The van der Waals surface area contributed by atoms with Crippen LogP contribution in [0.5, 0.6) is 0 Å². The van der Waals surface area contributed by atoms with Crippen LogP contribution in [0.15, 0.2) is 59.5 Å². The number of imidazole rings is 1. The molecule has 2 aromatic heterocycles. The summed E-state index contributed by atoms with van der Waals surface area (Å²) in [6.45, 7) is 0. The average molecular weight is 748 g/mol. The van der Waals surface area contributed by atoms with Gasteiger partial charge in [0.15, 0.2) is 5.78 Å². The minimum atomic E-state index is -0.763. The van der Waals surface area contributed by atoms with Gasteiger partial charge in [0.1, 0.15) is 11.8 Å². The van der Waals surface area contributed by atoms with E-state index in [9.17, 15) is 28.8 Å². The molecule has 0 spiro atoms. The molecule has 288 valence electrons. The van der Waals surface area contributed by atoms with Crippen LogP contribution in [0.2, 0.25) is 0 Å².